The predicted molar refractivity (Wildman–Crippen MR) is 114 cm³/mol. The molecule has 0 spiro atoms. The van der Waals surface area contributed by atoms with E-state index in [-0.39, 0.29) is 11.9 Å². The number of methoxy groups -OCH3 is 1. The SMILES string of the molecule is CCOCc1cc(CNC2CCCc3c2cnn3-c2ccccc2F)ccc1OC. The first kappa shape index (κ1) is 20.6. The maximum absolute atomic E-state index is 14.3. The van der Waals surface area contributed by atoms with E-state index in [0.717, 1.165) is 48.4 Å². The Morgan fingerprint density at radius 2 is 2.10 bits per heavy atom. The quantitative estimate of drug-likeness (QED) is 0.585. The van der Waals surface area contributed by atoms with Gasteiger partial charge < -0.3 is 14.8 Å². The summed E-state index contributed by atoms with van der Waals surface area (Å²) in [6, 6.07) is 13.2. The molecule has 1 aromatic heterocycles. The standard InChI is InChI=1S/C24H28FN3O2/c1-3-30-16-18-13-17(11-12-24(18)29-2)14-26-21-8-6-10-22-19(21)15-27-28(22)23-9-5-4-7-20(23)25/h4-5,7,9,11-13,15,21,26H,3,6,8,10,14,16H2,1-2H3. The van der Waals surface area contributed by atoms with E-state index < -0.39 is 0 Å². The van der Waals surface area contributed by atoms with Gasteiger partial charge in [-0.05, 0) is 56.0 Å². The highest BCUT2D eigenvalue weighted by molar-refractivity contribution is 5.39. The van der Waals surface area contributed by atoms with Crippen LogP contribution in [0.15, 0.2) is 48.7 Å². The molecule has 1 aliphatic rings. The van der Waals surface area contributed by atoms with Gasteiger partial charge in [-0.25, -0.2) is 9.07 Å². The number of hydrogen-bond donors (Lipinski definition) is 1. The fraction of sp³-hybridized carbons (Fsp3) is 0.375. The lowest BCUT2D eigenvalue weighted by Gasteiger charge is -2.24. The number of rotatable bonds is 8. The van der Waals surface area contributed by atoms with E-state index in [9.17, 15) is 4.39 Å². The molecule has 0 bridgehead atoms. The number of hydrogen-bond acceptors (Lipinski definition) is 4. The number of fused-ring (bicyclic) bond motifs is 1. The third-order valence-corrected chi connectivity index (χ3v) is 5.62. The Morgan fingerprint density at radius 1 is 1.23 bits per heavy atom. The zero-order valence-electron chi connectivity index (χ0n) is 17.5. The van der Waals surface area contributed by atoms with Crippen LogP contribution >= 0.6 is 0 Å². The number of para-hydroxylation sites is 1. The van der Waals surface area contributed by atoms with Crippen molar-refractivity contribution in [1.29, 1.82) is 0 Å². The van der Waals surface area contributed by atoms with Crippen LogP contribution in [0.1, 0.15) is 48.2 Å². The minimum absolute atomic E-state index is 0.201. The highest BCUT2D eigenvalue weighted by Crippen LogP contribution is 2.32. The summed E-state index contributed by atoms with van der Waals surface area (Å²) in [4.78, 5) is 0. The van der Waals surface area contributed by atoms with E-state index in [1.54, 1.807) is 23.9 Å². The third-order valence-electron chi connectivity index (χ3n) is 5.62. The number of nitrogens with zero attached hydrogens (tertiary/aromatic N) is 2. The fourth-order valence-corrected chi connectivity index (χ4v) is 4.11. The second kappa shape index (κ2) is 9.41. The molecule has 0 amide bonds. The molecule has 0 saturated heterocycles. The summed E-state index contributed by atoms with van der Waals surface area (Å²) in [6.07, 6.45) is 4.87. The largest absolute Gasteiger partial charge is 0.496 e. The third kappa shape index (κ3) is 4.25. The van der Waals surface area contributed by atoms with Crippen LogP contribution in [0.4, 0.5) is 4.39 Å². The highest BCUT2D eigenvalue weighted by atomic mass is 19.1. The molecular weight excluding hydrogens is 381 g/mol. The molecule has 0 radical (unpaired) electrons. The zero-order chi connectivity index (χ0) is 20.9. The van der Waals surface area contributed by atoms with Crippen molar-refractivity contribution in [3.8, 4) is 11.4 Å². The summed E-state index contributed by atoms with van der Waals surface area (Å²) >= 11 is 0. The number of halogens is 1. The van der Waals surface area contributed by atoms with Crippen molar-refractivity contribution >= 4 is 0 Å². The van der Waals surface area contributed by atoms with Crippen LogP contribution in [-0.2, 0) is 24.3 Å². The second-order valence-electron chi connectivity index (χ2n) is 7.52. The molecule has 0 aliphatic heterocycles. The normalized spacial score (nSPS) is 15.8. The molecule has 2 aromatic carbocycles. The van der Waals surface area contributed by atoms with E-state index >= 15 is 0 Å². The van der Waals surface area contributed by atoms with Crippen molar-refractivity contribution in [3.05, 3.63) is 76.9 Å². The van der Waals surface area contributed by atoms with Gasteiger partial charge in [0.2, 0.25) is 0 Å². The van der Waals surface area contributed by atoms with Crippen molar-refractivity contribution in [2.45, 2.75) is 45.4 Å². The lowest BCUT2D eigenvalue weighted by Crippen LogP contribution is -2.25. The molecular formula is C24H28FN3O2. The van der Waals surface area contributed by atoms with Gasteiger partial charge >= 0.3 is 0 Å². The number of benzene rings is 2. The molecule has 158 valence electrons. The summed E-state index contributed by atoms with van der Waals surface area (Å²) in [5.41, 5.74) is 4.99. The van der Waals surface area contributed by atoms with Gasteiger partial charge in [-0.2, -0.15) is 5.10 Å². The first-order valence-electron chi connectivity index (χ1n) is 10.5. The van der Waals surface area contributed by atoms with Crippen LogP contribution < -0.4 is 10.1 Å². The minimum atomic E-state index is -0.251. The Balaban J connectivity index is 1.51. The van der Waals surface area contributed by atoms with Crippen molar-refractivity contribution in [2.75, 3.05) is 13.7 Å². The van der Waals surface area contributed by atoms with Gasteiger partial charge in [0.05, 0.1) is 19.9 Å². The molecule has 1 unspecified atom stereocenters. The average molecular weight is 410 g/mol. The van der Waals surface area contributed by atoms with Gasteiger partial charge in [0, 0.05) is 36.0 Å². The minimum Gasteiger partial charge on any atom is -0.496 e. The average Bonchev–Trinajstić information content (AvgIpc) is 3.21. The van der Waals surface area contributed by atoms with E-state index in [1.807, 2.05) is 25.3 Å². The summed E-state index contributed by atoms with van der Waals surface area (Å²) in [6.45, 7) is 3.93. The van der Waals surface area contributed by atoms with E-state index in [1.165, 1.54) is 11.6 Å². The second-order valence-corrected chi connectivity index (χ2v) is 7.52. The molecule has 1 heterocycles. The molecule has 1 aliphatic carbocycles. The molecule has 1 atom stereocenters. The maximum Gasteiger partial charge on any atom is 0.148 e. The topological polar surface area (TPSA) is 48.3 Å². The Hall–Kier alpha value is -2.70. The molecule has 4 rings (SSSR count). The van der Waals surface area contributed by atoms with Gasteiger partial charge in [-0.3, -0.25) is 0 Å². The summed E-state index contributed by atoms with van der Waals surface area (Å²) in [5, 5.41) is 8.17. The Bertz CT molecular complexity index is 1000. The smallest absolute Gasteiger partial charge is 0.148 e. The number of aromatic nitrogens is 2. The lowest BCUT2D eigenvalue weighted by molar-refractivity contribution is 0.132. The Morgan fingerprint density at radius 3 is 2.90 bits per heavy atom. The van der Waals surface area contributed by atoms with Crippen molar-refractivity contribution in [2.24, 2.45) is 0 Å². The molecule has 3 aromatic rings. The predicted octanol–water partition coefficient (Wildman–Crippen LogP) is 4.72. The maximum atomic E-state index is 14.3. The van der Waals surface area contributed by atoms with E-state index in [2.05, 4.69) is 22.5 Å². The fourth-order valence-electron chi connectivity index (χ4n) is 4.11. The molecule has 1 N–H and O–H groups in total. The van der Waals surface area contributed by atoms with Gasteiger partial charge in [0.1, 0.15) is 17.3 Å². The van der Waals surface area contributed by atoms with Crippen LogP contribution in [-0.4, -0.2) is 23.5 Å². The summed E-state index contributed by atoms with van der Waals surface area (Å²) in [7, 11) is 1.68. The van der Waals surface area contributed by atoms with Gasteiger partial charge in [0.25, 0.3) is 0 Å². The van der Waals surface area contributed by atoms with Crippen LogP contribution in [0.25, 0.3) is 5.69 Å². The number of ether oxygens (including phenoxy) is 2. The first-order valence-corrected chi connectivity index (χ1v) is 10.5. The zero-order valence-corrected chi connectivity index (χ0v) is 17.5. The van der Waals surface area contributed by atoms with Crippen LogP contribution in [0.3, 0.4) is 0 Å². The molecule has 30 heavy (non-hydrogen) atoms. The van der Waals surface area contributed by atoms with Crippen molar-refractivity contribution in [1.82, 2.24) is 15.1 Å². The molecule has 0 saturated carbocycles. The van der Waals surface area contributed by atoms with E-state index in [0.29, 0.717) is 18.9 Å². The van der Waals surface area contributed by atoms with Crippen molar-refractivity contribution in [3.63, 3.8) is 0 Å². The van der Waals surface area contributed by atoms with Crippen LogP contribution in [0, 0.1) is 5.82 Å². The van der Waals surface area contributed by atoms with Gasteiger partial charge in [-0.1, -0.05) is 18.2 Å². The lowest BCUT2D eigenvalue weighted by atomic mass is 9.92. The van der Waals surface area contributed by atoms with Crippen molar-refractivity contribution < 1.29 is 13.9 Å². The summed E-state index contributed by atoms with van der Waals surface area (Å²) < 4.78 is 27.1. The van der Waals surface area contributed by atoms with Crippen LogP contribution in [0.2, 0.25) is 0 Å². The molecule has 6 heteroatoms. The Kier molecular flexibility index (Phi) is 6.45. The summed E-state index contributed by atoms with van der Waals surface area (Å²) in [5.74, 6) is 0.594. The highest BCUT2D eigenvalue weighted by Gasteiger charge is 2.25. The van der Waals surface area contributed by atoms with E-state index in [4.69, 9.17) is 9.47 Å². The Labute approximate surface area is 176 Å². The van der Waals surface area contributed by atoms with Crippen LogP contribution in [0.5, 0.6) is 5.75 Å². The van der Waals surface area contributed by atoms with Gasteiger partial charge in [-0.15, -0.1) is 0 Å². The monoisotopic (exact) mass is 409 g/mol. The first-order chi connectivity index (χ1) is 14.7. The molecule has 0 fully saturated rings. The van der Waals surface area contributed by atoms with Gasteiger partial charge in [0.15, 0.2) is 0 Å². The molecule has 5 nitrogen and oxygen atoms in total. The number of nitrogens with one attached hydrogen (secondary N) is 1.